The van der Waals surface area contributed by atoms with Crippen LogP contribution in [0.1, 0.15) is 0 Å². The first-order valence-electron chi connectivity index (χ1n) is 2.38. The van der Waals surface area contributed by atoms with Crippen LogP contribution in [-0.4, -0.2) is 22.7 Å². The zero-order chi connectivity index (χ0) is 11.1. The summed E-state index contributed by atoms with van der Waals surface area (Å²) in [6.07, 6.45) is -12.6. The molecule has 0 aliphatic carbocycles. The Bertz CT molecular complexity index is 167. The van der Waals surface area contributed by atoms with Gasteiger partial charge in [-0.3, -0.25) is 0 Å². The molecule has 0 aliphatic rings. The topological polar surface area (TPSA) is 3.24 Å². The smallest absolute Gasteiger partial charge is 0.167 e. The lowest BCUT2D eigenvalue weighted by Crippen LogP contribution is -2.58. The summed E-state index contributed by atoms with van der Waals surface area (Å²) in [7, 11) is 0. The molecular weight excluding hydrogens is 237 g/mol. The monoisotopic (exact) mass is 237 g/mol. The van der Waals surface area contributed by atoms with Crippen LogP contribution in [0.3, 0.4) is 0 Å². The molecule has 0 N–H and O–H groups in total. The van der Waals surface area contributed by atoms with Gasteiger partial charge in [0.1, 0.15) is 0 Å². The van der Waals surface area contributed by atoms with E-state index in [-0.39, 0.29) is 0 Å². The third-order valence-electron chi connectivity index (χ3n) is 0.984. The Morgan fingerprint density at radius 2 is 1.00 bits per heavy atom. The molecule has 0 aromatic carbocycles. The van der Waals surface area contributed by atoms with Gasteiger partial charge in [0, 0.05) is 0 Å². The molecular formula is C3ClF8N. The van der Waals surface area contributed by atoms with Crippen molar-refractivity contribution in [3.8, 4) is 0 Å². The summed E-state index contributed by atoms with van der Waals surface area (Å²) in [5.74, 6) is 0. The first-order valence-corrected chi connectivity index (χ1v) is 2.76. The maximum absolute atomic E-state index is 11.5. The number of nitrogens with zero attached hydrogens (tertiary/aromatic N) is 1. The van der Waals surface area contributed by atoms with E-state index in [0.717, 1.165) is 0 Å². The van der Waals surface area contributed by atoms with Gasteiger partial charge in [-0.05, 0) is 0 Å². The molecule has 0 atom stereocenters. The predicted octanol–water partition coefficient (Wildman–Crippen LogP) is 3.12. The summed E-state index contributed by atoms with van der Waals surface area (Å²) in [5.41, 5.74) is 0. The van der Waals surface area contributed by atoms with E-state index in [1.807, 2.05) is 0 Å². The van der Waals surface area contributed by atoms with Crippen molar-refractivity contribution >= 4 is 11.6 Å². The number of halogens is 9. The lowest BCUT2D eigenvalue weighted by atomic mass is 10.3. The van der Waals surface area contributed by atoms with E-state index in [0.29, 0.717) is 0 Å². The number of hydrogen-bond acceptors (Lipinski definition) is 1. The van der Waals surface area contributed by atoms with Crippen molar-refractivity contribution in [2.75, 3.05) is 0 Å². The van der Waals surface area contributed by atoms with Crippen LogP contribution in [0, 0.1) is 0 Å². The molecule has 0 unspecified atom stereocenters. The molecule has 1 nitrogen and oxygen atoms in total. The van der Waals surface area contributed by atoms with Gasteiger partial charge in [0.2, 0.25) is 0 Å². The molecule has 13 heavy (non-hydrogen) atoms. The zero-order valence-corrected chi connectivity index (χ0v) is 6.10. The number of alkyl halides is 7. The second-order valence-electron chi connectivity index (χ2n) is 1.85. The lowest BCUT2D eigenvalue weighted by Gasteiger charge is -2.30. The minimum atomic E-state index is -6.32. The number of hydrogen-bond donors (Lipinski definition) is 0. The molecule has 0 fully saturated rings. The van der Waals surface area contributed by atoms with Gasteiger partial charge in [-0.1, -0.05) is 20.6 Å². The summed E-state index contributed by atoms with van der Waals surface area (Å²) in [6.45, 7) is 0. The van der Waals surface area contributed by atoms with Gasteiger partial charge >= 0.3 is 17.4 Å². The maximum atomic E-state index is 11.5. The highest BCUT2D eigenvalue weighted by Crippen LogP contribution is 2.50. The van der Waals surface area contributed by atoms with E-state index in [2.05, 4.69) is 11.6 Å². The van der Waals surface area contributed by atoms with E-state index in [1.54, 1.807) is 0 Å². The second kappa shape index (κ2) is 3.12. The van der Waals surface area contributed by atoms with Crippen molar-refractivity contribution in [3.05, 3.63) is 0 Å². The predicted molar refractivity (Wildman–Crippen MR) is 24.7 cm³/mol. The Hall–Kier alpha value is -0.310. The van der Waals surface area contributed by atoms with Gasteiger partial charge < -0.3 is 0 Å². The van der Waals surface area contributed by atoms with E-state index in [1.165, 1.54) is 0 Å². The van der Waals surface area contributed by atoms with Crippen molar-refractivity contribution in [2.24, 2.45) is 0 Å². The van der Waals surface area contributed by atoms with Crippen molar-refractivity contribution in [3.63, 3.8) is 0 Å². The third kappa shape index (κ3) is 1.96. The van der Waals surface area contributed by atoms with Gasteiger partial charge in [0.15, 0.2) is 0 Å². The number of rotatable bonds is 1. The Kier molecular flexibility index (Phi) is 3.05. The summed E-state index contributed by atoms with van der Waals surface area (Å²) >= 11 is 3.75. The van der Waals surface area contributed by atoms with Crippen LogP contribution in [0.2, 0.25) is 0 Å². The van der Waals surface area contributed by atoms with Crippen molar-refractivity contribution < 1.29 is 35.3 Å². The molecule has 0 spiro atoms. The fourth-order valence-electron chi connectivity index (χ4n) is 0.352. The summed E-state index contributed by atoms with van der Waals surface area (Å²) < 4.78 is 91.5. The average molecular weight is 237 g/mol. The van der Waals surface area contributed by atoms with Crippen LogP contribution < -0.4 is 0 Å². The van der Waals surface area contributed by atoms with Crippen molar-refractivity contribution in [2.45, 2.75) is 17.4 Å². The van der Waals surface area contributed by atoms with Gasteiger partial charge in [0.25, 0.3) is 0 Å². The second-order valence-corrected chi connectivity index (χ2v) is 2.40. The average Bonchev–Trinajstić information content (AvgIpc) is 1.80. The first-order chi connectivity index (χ1) is 5.44. The highest BCUT2D eigenvalue weighted by Gasteiger charge is 2.76. The van der Waals surface area contributed by atoms with Crippen LogP contribution in [0.25, 0.3) is 0 Å². The van der Waals surface area contributed by atoms with E-state index in [9.17, 15) is 35.3 Å². The largest absolute Gasteiger partial charge is 0.435 e. The normalized spacial score (nSPS) is 15.2. The molecule has 0 heterocycles. The molecule has 0 amide bonds. The molecule has 0 radical (unpaired) electrons. The highest BCUT2D eigenvalue weighted by atomic mass is 35.5. The molecule has 0 aromatic heterocycles. The Balaban J connectivity index is 5.22. The van der Waals surface area contributed by atoms with Crippen LogP contribution >= 0.6 is 11.6 Å². The summed E-state index contributed by atoms with van der Waals surface area (Å²) in [6, 6.07) is 0. The van der Waals surface area contributed by atoms with Crippen LogP contribution in [0.4, 0.5) is 35.3 Å². The zero-order valence-electron chi connectivity index (χ0n) is 5.35. The molecule has 10 heteroatoms. The molecule has 0 aromatic rings. The van der Waals surface area contributed by atoms with Gasteiger partial charge in [-0.25, -0.2) is 0 Å². The van der Waals surface area contributed by atoms with Crippen LogP contribution in [0.5, 0.6) is 0 Å². The molecule has 0 saturated heterocycles. The van der Waals surface area contributed by atoms with Gasteiger partial charge in [-0.2, -0.15) is 26.3 Å². The van der Waals surface area contributed by atoms with E-state index >= 15 is 0 Å². The fourth-order valence-corrected chi connectivity index (χ4v) is 0.352. The van der Waals surface area contributed by atoms with Crippen LogP contribution in [-0.2, 0) is 0 Å². The summed E-state index contributed by atoms with van der Waals surface area (Å²) in [5, 5.41) is -3.13. The lowest BCUT2D eigenvalue weighted by molar-refractivity contribution is -0.380. The van der Waals surface area contributed by atoms with Gasteiger partial charge in [0.05, 0.1) is 5.34 Å². The highest BCUT2D eigenvalue weighted by molar-refractivity contribution is 6.24. The van der Waals surface area contributed by atoms with Gasteiger partial charge in [-0.15, -0.1) is 0 Å². The van der Waals surface area contributed by atoms with Crippen LogP contribution in [0.15, 0.2) is 0 Å². The molecule has 0 bridgehead atoms. The molecule has 0 rings (SSSR count). The third-order valence-corrected chi connectivity index (χ3v) is 1.54. The molecule has 80 valence electrons. The minimum absolute atomic E-state index is 3.13. The maximum Gasteiger partial charge on any atom is 0.435 e. The van der Waals surface area contributed by atoms with E-state index in [4.69, 9.17) is 0 Å². The Morgan fingerprint density at radius 1 is 0.769 bits per heavy atom. The molecule has 0 saturated carbocycles. The summed E-state index contributed by atoms with van der Waals surface area (Å²) in [4.78, 5) is -5.65. The minimum Gasteiger partial charge on any atom is -0.167 e. The SMILES string of the molecule is FN(F)C(Cl)(C(F)(F)F)C(F)(F)F. The first kappa shape index (κ1) is 12.7. The Morgan fingerprint density at radius 3 is 1.00 bits per heavy atom. The van der Waals surface area contributed by atoms with Crippen molar-refractivity contribution in [1.82, 2.24) is 5.34 Å². The van der Waals surface area contributed by atoms with Crippen molar-refractivity contribution in [1.29, 1.82) is 0 Å². The fraction of sp³-hybridized carbons (Fsp3) is 1.00. The quantitative estimate of drug-likeness (QED) is 0.293. The standard InChI is InChI=1S/C3ClF8N/c4-1(13(11)12,2(5,6)7)3(8,9)10. The Labute approximate surface area is 70.7 Å². The van der Waals surface area contributed by atoms with E-state index < -0.39 is 22.7 Å². The molecule has 0 aliphatic heterocycles.